The molecule has 3 rings (SSSR count). The average molecular weight is 245 g/mol. The summed E-state index contributed by atoms with van der Waals surface area (Å²) < 4.78 is 0. The zero-order valence-electron chi connectivity index (χ0n) is 10.2. The molecule has 1 aliphatic heterocycles. The SMILES string of the molecule is O=C1NC2CCCCC2N([O-])C1c1ccccc1. The molecule has 1 amide bonds. The summed E-state index contributed by atoms with van der Waals surface area (Å²) in [5.41, 5.74) is 0.786. The Balaban J connectivity index is 1.88. The van der Waals surface area contributed by atoms with Crippen molar-refractivity contribution < 1.29 is 4.79 Å². The van der Waals surface area contributed by atoms with Gasteiger partial charge < -0.3 is 15.6 Å². The Morgan fingerprint density at radius 3 is 2.67 bits per heavy atom. The van der Waals surface area contributed by atoms with E-state index in [0.29, 0.717) is 0 Å². The molecule has 1 aromatic rings. The number of amides is 1. The zero-order valence-corrected chi connectivity index (χ0v) is 10.2. The van der Waals surface area contributed by atoms with Crippen molar-refractivity contribution >= 4 is 5.91 Å². The zero-order chi connectivity index (χ0) is 12.5. The van der Waals surface area contributed by atoms with Crippen LogP contribution in [-0.4, -0.2) is 23.1 Å². The lowest BCUT2D eigenvalue weighted by Crippen LogP contribution is -2.60. The first-order valence-electron chi connectivity index (χ1n) is 6.58. The van der Waals surface area contributed by atoms with Crippen molar-refractivity contribution in [3.05, 3.63) is 41.1 Å². The maximum absolute atomic E-state index is 12.4. The second kappa shape index (κ2) is 4.71. The van der Waals surface area contributed by atoms with Gasteiger partial charge in [-0.1, -0.05) is 43.2 Å². The Kier molecular flexibility index (Phi) is 3.06. The Hall–Kier alpha value is -1.39. The first kappa shape index (κ1) is 11.7. The molecule has 2 fully saturated rings. The molecular weight excluding hydrogens is 228 g/mol. The van der Waals surface area contributed by atoms with E-state index >= 15 is 0 Å². The molecule has 0 bridgehead atoms. The molecule has 18 heavy (non-hydrogen) atoms. The van der Waals surface area contributed by atoms with Crippen LogP contribution in [0.1, 0.15) is 37.3 Å². The second-order valence-electron chi connectivity index (χ2n) is 5.14. The molecule has 0 radical (unpaired) electrons. The molecule has 3 atom stereocenters. The summed E-state index contributed by atoms with van der Waals surface area (Å²) in [6.07, 6.45) is 4.00. The van der Waals surface area contributed by atoms with Crippen LogP contribution in [0, 0.1) is 5.21 Å². The molecule has 1 saturated heterocycles. The predicted octanol–water partition coefficient (Wildman–Crippen LogP) is 1.97. The largest absolute Gasteiger partial charge is 0.784 e. The number of carbonyl (C=O) groups is 1. The number of benzene rings is 1. The summed E-state index contributed by atoms with van der Waals surface area (Å²) >= 11 is 0. The molecule has 1 aromatic carbocycles. The molecule has 3 unspecified atom stereocenters. The maximum Gasteiger partial charge on any atom is 0.241 e. The van der Waals surface area contributed by atoms with Gasteiger partial charge in [0.25, 0.3) is 0 Å². The van der Waals surface area contributed by atoms with Gasteiger partial charge in [0.1, 0.15) is 6.04 Å². The van der Waals surface area contributed by atoms with Gasteiger partial charge in [0, 0.05) is 12.1 Å². The first-order valence-corrected chi connectivity index (χ1v) is 6.58. The number of hydrogen-bond acceptors (Lipinski definition) is 3. The van der Waals surface area contributed by atoms with E-state index in [1.165, 1.54) is 0 Å². The van der Waals surface area contributed by atoms with Crippen LogP contribution in [-0.2, 0) is 4.79 Å². The Labute approximate surface area is 107 Å². The van der Waals surface area contributed by atoms with E-state index < -0.39 is 6.04 Å². The molecule has 4 heteroatoms. The van der Waals surface area contributed by atoms with Gasteiger partial charge in [0.15, 0.2) is 0 Å². The number of hydroxylamine groups is 2. The smallest absolute Gasteiger partial charge is 0.241 e. The summed E-state index contributed by atoms with van der Waals surface area (Å²) in [6.45, 7) is 0. The van der Waals surface area contributed by atoms with Crippen LogP contribution >= 0.6 is 0 Å². The highest BCUT2D eigenvalue weighted by Crippen LogP contribution is 2.33. The van der Waals surface area contributed by atoms with Crippen molar-refractivity contribution in [2.24, 2.45) is 0 Å². The Bertz CT molecular complexity index is 435. The van der Waals surface area contributed by atoms with Crippen LogP contribution in [0.15, 0.2) is 30.3 Å². The summed E-state index contributed by atoms with van der Waals surface area (Å²) in [6, 6.07) is 8.63. The minimum Gasteiger partial charge on any atom is -0.784 e. The number of fused-ring (bicyclic) bond motifs is 1. The van der Waals surface area contributed by atoms with Crippen LogP contribution in [0.5, 0.6) is 0 Å². The molecule has 2 aliphatic rings. The van der Waals surface area contributed by atoms with Gasteiger partial charge >= 0.3 is 0 Å². The van der Waals surface area contributed by atoms with E-state index in [4.69, 9.17) is 0 Å². The topological polar surface area (TPSA) is 55.4 Å². The van der Waals surface area contributed by atoms with Crippen molar-refractivity contribution in [3.63, 3.8) is 0 Å². The Morgan fingerprint density at radius 2 is 1.89 bits per heavy atom. The van der Waals surface area contributed by atoms with Crippen LogP contribution in [0.25, 0.3) is 0 Å². The van der Waals surface area contributed by atoms with Crippen molar-refractivity contribution in [3.8, 4) is 0 Å². The fraction of sp³-hybridized carbons (Fsp3) is 0.500. The fourth-order valence-electron chi connectivity index (χ4n) is 3.09. The lowest BCUT2D eigenvalue weighted by atomic mass is 9.86. The summed E-state index contributed by atoms with van der Waals surface area (Å²) in [5, 5.41) is 16.5. The molecule has 1 heterocycles. The molecule has 1 saturated carbocycles. The Morgan fingerprint density at radius 1 is 1.17 bits per heavy atom. The third-order valence-electron chi connectivity index (χ3n) is 4.00. The van der Waals surface area contributed by atoms with Gasteiger partial charge in [0.05, 0.1) is 0 Å². The summed E-state index contributed by atoms with van der Waals surface area (Å²) in [7, 11) is 0. The standard InChI is InChI=1S/C14H17N2O2/c17-14-13(10-6-2-1-3-7-10)16(18)12-9-5-4-8-11(12)15-14/h1-3,6-7,11-13H,4-5,8-9H2,(H,15,17)/q-1. The minimum absolute atomic E-state index is 0.0451. The molecule has 0 spiro atoms. The molecule has 1 aliphatic carbocycles. The van der Waals surface area contributed by atoms with Crippen molar-refractivity contribution in [1.82, 2.24) is 10.4 Å². The number of hydrogen-bond donors (Lipinski definition) is 1. The third kappa shape index (κ3) is 1.91. The minimum atomic E-state index is -0.675. The summed E-state index contributed by atoms with van der Waals surface area (Å²) in [5.74, 6) is -0.153. The highest BCUT2D eigenvalue weighted by atomic mass is 16.5. The maximum atomic E-state index is 12.4. The second-order valence-corrected chi connectivity index (χ2v) is 5.14. The molecule has 96 valence electrons. The van der Waals surface area contributed by atoms with Crippen molar-refractivity contribution in [2.75, 3.05) is 0 Å². The van der Waals surface area contributed by atoms with Crippen molar-refractivity contribution in [1.29, 1.82) is 0 Å². The van der Waals surface area contributed by atoms with E-state index in [-0.39, 0.29) is 18.0 Å². The first-order chi connectivity index (χ1) is 8.77. The highest BCUT2D eigenvalue weighted by Gasteiger charge is 2.38. The summed E-state index contributed by atoms with van der Waals surface area (Å²) in [4.78, 5) is 12.1. The van der Waals surface area contributed by atoms with Gasteiger partial charge in [-0.05, 0) is 18.4 Å². The van der Waals surface area contributed by atoms with E-state index in [1.54, 1.807) is 0 Å². The number of nitrogens with zero attached hydrogens (tertiary/aromatic N) is 1. The molecule has 1 N–H and O–H groups in total. The molecular formula is C14H17N2O2-. The number of rotatable bonds is 1. The van der Waals surface area contributed by atoms with Gasteiger partial charge in [-0.2, -0.15) is 0 Å². The van der Waals surface area contributed by atoms with Gasteiger partial charge in [-0.25, -0.2) is 0 Å². The van der Waals surface area contributed by atoms with Crippen molar-refractivity contribution in [2.45, 2.75) is 43.8 Å². The fourth-order valence-corrected chi connectivity index (χ4v) is 3.09. The van der Waals surface area contributed by atoms with Crippen LogP contribution in [0.3, 0.4) is 0 Å². The van der Waals surface area contributed by atoms with Gasteiger partial charge in [-0.15, -0.1) is 0 Å². The number of nitrogens with one attached hydrogen (secondary N) is 1. The number of carbonyl (C=O) groups excluding carboxylic acids is 1. The van der Waals surface area contributed by atoms with E-state index in [0.717, 1.165) is 36.3 Å². The van der Waals surface area contributed by atoms with Gasteiger partial charge in [-0.3, -0.25) is 4.79 Å². The predicted molar refractivity (Wildman–Crippen MR) is 68.6 cm³/mol. The van der Waals surface area contributed by atoms with E-state index in [2.05, 4.69) is 5.32 Å². The lowest BCUT2D eigenvalue weighted by Gasteiger charge is -2.52. The average Bonchev–Trinajstić information content (AvgIpc) is 2.40. The number of piperazine rings is 1. The third-order valence-corrected chi connectivity index (χ3v) is 4.00. The quantitative estimate of drug-likeness (QED) is 0.823. The molecule has 4 nitrogen and oxygen atoms in total. The van der Waals surface area contributed by atoms with Crippen LogP contribution in [0.4, 0.5) is 0 Å². The monoisotopic (exact) mass is 245 g/mol. The highest BCUT2D eigenvalue weighted by molar-refractivity contribution is 5.84. The van der Waals surface area contributed by atoms with E-state index in [1.807, 2.05) is 30.3 Å². The van der Waals surface area contributed by atoms with E-state index in [9.17, 15) is 10.0 Å². The van der Waals surface area contributed by atoms with Crippen LogP contribution in [0.2, 0.25) is 0 Å². The van der Waals surface area contributed by atoms with Gasteiger partial charge in [0.2, 0.25) is 5.91 Å². The molecule has 0 aromatic heterocycles. The lowest BCUT2D eigenvalue weighted by molar-refractivity contribution is -0.132. The normalized spacial score (nSPS) is 32.7. The van der Waals surface area contributed by atoms with Crippen LogP contribution < -0.4 is 5.32 Å².